The number of hydrogen-bond acceptors (Lipinski definition) is 0. The van der Waals surface area contributed by atoms with E-state index in [1.807, 2.05) is 0 Å². The van der Waals surface area contributed by atoms with Crippen LogP contribution < -0.4 is 0 Å². The van der Waals surface area contributed by atoms with Crippen molar-refractivity contribution in [3.05, 3.63) is 59.2 Å². The van der Waals surface area contributed by atoms with Crippen LogP contribution in [0.1, 0.15) is 56.2 Å². The van der Waals surface area contributed by atoms with Crippen LogP contribution in [-0.4, -0.2) is 0 Å². The summed E-state index contributed by atoms with van der Waals surface area (Å²) >= 11 is 0. The Labute approximate surface area is 166 Å². The monoisotopic (exact) mass is 360 g/mol. The largest absolute Gasteiger partial charge is 0.0625 e. The normalized spacial score (nSPS) is 33.5. The Morgan fingerprint density at radius 2 is 1.22 bits per heavy atom. The minimum atomic E-state index is 1.05. The smallest absolute Gasteiger partial charge is 0.0179 e. The second-order valence-electron chi connectivity index (χ2n) is 10.0. The fourth-order valence-electron chi connectivity index (χ4n) is 6.57. The number of aryl methyl sites for hydroxylation is 3. The van der Waals surface area contributed by atoms with Crippen LogP contribution in [0.5, 0.6) is 0 Å². The van der Waals surface area contributed by atoms with Gasteiger partial charge in [-0.15, -0.1) is 0 Å². The standard InChI is InChI=1S/C15H16.C12H20/c1-11-4-6-14(7-5-11)15-9-12(2)8-13(3)10-15;1-7-3-11-9-5-8(2)10(6-9)12(11)4-7/h4-10H,1-3H3;7-12H,3-6H2,1-2H3. The fraction of sp³-hybridized carbons (Fsp3) is 0.556. The summed E-state index contributed by atoms with van der Waals surface area (Å²) in [5.41, 5.74) is 6.57. The zero-order valence-corrected chi connectivity index (χ0v) is 17.8. The molecule has 0 heterocycles. The second-order valence-corrected chi connectivity index (χ2v) is 10.0. The molecule has 0 radical (unpaired) electrons. The first kappa shape index (κ1) is 18.8. The molecule has 2 bridgehead atoms. The molecule has 3 fully saturated rings. The van der Waals surface area contributed by atoms with Gasteiger partial charge in [-0.2, -0.15) is 0 Å². The first-order valence-corrected chi connectivity index (χ1v) is 11.1. The van der Waals surface area contributed by atoms with E-state index in [0.29, 0.717) is 0 Å². The van der Waals surface area contributed by atoms with Gasteiger partial charge in [-0.25, -0.2) is 0 Å². The molecule has 0 heteroatoms. The molecule has 0 saturated heterocycles. The number of hydrogen-bond donors (Lipinski definition) is 0. The van der Waals surface area contributed by atoms with Crippen molar-refractivity contribution in [1.82, 2.24) is 0 Å². The van der Waals surface area contributed by atoms with Gasteiger partial charge >= 0.3 is 0 Å². The van der Waals surface area contributed by atoms with Crippen LogP contribution in [0.2, 0.25) is 0 Å². The van der Waals surface area contributed by atoms with E-state index in [2.05, 4.69) is 77.1 Å². The number of benzene rings is 2. The average molecular weight is 361 g/mol. The topological polar surface area (TPSA) is 0 Å². The fourth-order valence-corrected chi connectivity index (χ4v) is 6.57. The molecule has 6 unspecified atom stereocenters. The molecule has 0 aromatic heterocycles. The van der Waals surface area contributed by atoms with Gasteiger partial charge in [0, 0.05) is 0 Å². The maximum absolute atomic E-state index is 2.49. The third kappa shape index (κ3) is 3.86. The third-order valence-electron chi connectivity index (χ3n) is 7.64. The first-order chi connectivity index (χ1) is 12.9. The van der Waals surface area contributed by atoms with E-state index >= 15 is 0 Å². The van der Waals surface area contributed by atoms with E-state index in [1.54, 1.807) is 25.7 Å². The number of rotatable bonds is 1. The summed E-state index contributed by atoms with van der Waals surface area (Å²) in [5.74, 6) is 6.75. The van der Waals surface area contributed by atoms with Gasteiger partial charge in [-0.3, -0.25) is 0 Å². The molecule has 5 rings (SSSR count). The summed E-state index contributed by atoms with van der Waals surface area (Å²) in [4.78, 5) is 0. The molecule has 27 heavy (non-hydrogen) atoms. The predicted molar refractivity (Wildman–Crippen MR) is 117 cm³/mol. The summed E-state index contributed by atoms with van der Waals surface area (Å²) < 4.78 is 0. The Morgan fingerprint density at radius 1 is 0.593 bits per heavy atom. The van der Waals surface area contributed by atoms with Crippen molar-refractivity contribution in [1.29, 1.82) is 0 Å². The zero-order valence-electron chi connectivity index (χ0n) is 17.8. The lowest BCUT2D eigenvalue weighted by Crippen LogP contribution is -2.22. The van der Waals surface area contributed by atoms with Crippen molar-refractivity contribution in [2.45, 2.75) is 60.3 Å². The van der Waals surface area contributed by atoms with Gasteiger partial charge < -0.3 is 0 Å². The van der Waals surface area contributed by atoms with Crippen LogP contribution in [0.4, 0.5) is 0 Å². The van der Waals surface area contributed by atoms with Crippen LogP contribution in [0.3, 0.4) is 0 Å². The average Bonchev–Trinajstić information content (AvgIpc) is 3.26. The molecular weight excluding hydrogens is 324 g/mol. The highest BCUT2D eigenvalue weighted by atomic mass is 14.6. The molecule has 2 aromatic rings. The highest BCUT2D eigenvalue weighted by Gasteiger charge is 2.53. The van der Waals surface area contributed by atoms with Crippen molar-refractivity contribution in [3.8, 4) is 11.1 Å². The van der Waals surface area contributed by atoms with Crippen molar-refractivity contribution in [2.24, 2.45) is 35.5 Å². The molecule has 6 atom stereocenters. The van der Waals surface area contributed by atoms with E-state index in [-0.39, 0.29) is 0 Å². The van der Waals surface area contributed by atoms with Gasteiger partial charge in [0.15, 0.2) is 0 Å². The van der Waals surface area contributed by atoms with Crippen LogP contribution >= 0.6 is 0 Å². The van der Waals surface area contributed by atoms with Crippen molar-refractivity contribution < 1.29 is 0 Å². The van der Waals surface area contributed by atoms with Crippen LogP contribution in [0.25, 0.3) is 11.1 Å². The SMILES string of the molecule is CC1CC2C3CC(C)C(C3)C2C1.Cc1ccc(-c2cc(C)cc(C)c2)cc1. The second kappa shape index (κ2) is 7.46. The van der Waals surface area contributed by atoms with E-state index < -0.39 is 0 Å². The molecular formula is C27H36. The number of fused-ring (bicyclic) bond motifs is 5. The maximum atomic E-state index is 2.49. The van der Waals surface area contributed by atoms with Gasteiger partial charge in [0.05, 0.1) is 0 Å². The van der Waals surface area contributed by atoms with Crippen LogP contribution in [0, 0.1) is 56.3 Å². The minimum Gasteiger partial charge on any atom is -0.0625 e. The van der Waals surface area contributed by atoms with Gasteiger partial charge in [0.2, 0.25) is 0 Å². The van der Waals surface area contributed by atoms with E-state index in [0.717, 1.165) is 29.6 Å². The molecule has 0 spiro atoms. The quantitative estimate of drug-likeness (QED) is 0.491. The molecule has 144 valence electrons. The zero-order chi connectivity index (χ0) is 19.1. The van der Waals surface area contributed by atoms with Crippen LogP contribution in [0.15, 0.2) is 42.5 Å². The molecule has 3 aliphatic carbocycles. The Bertz CT molecular complexity index is 760. The molecule has 0 amide bonds. The van der Waals surface area contributed by atoms with Gasteiger partial charge in [-0.05, 0) is 93.1 Å². The van der Waals surface area contributed by atoms with Crippen molar-refractivity contribution >= 4 is 0 Å². The van der Waals surface area contributed by atoms with Gasteiger partial charge in [0.25, 0.3) is 0 Å². The Kier molecular flexibility index (Phi) is 5.19. The lowest BCUT2D eigenvalue weighted by molar-refractivity contribution is 0.201. The highest BCUT2D eigenvalue weighted by molar-refractivity contribution is 5.65. The van der Waals surface area contributed by atoms with Crippen molar-refractivity contribution in [3.63, 3.8) is 0 Å². The molecule has 2 aromatic carbocycles. The van der Waals surface area contributed by atoms with Gasteiger partial charge in [0.1, 0.15) is 0 Å². The maximum Gasteiger partial charge on any atom is -0.0179 e. The Balaban J connectivity index is 0.000000136. The van der Waals surface area contributed by atoms with E-state index in [4.69, 9.17) is 0 Å². The molecule has 3 saturated carbocycles. The van der Waals surface area contributed by atoms with E-state index in [9.17, 15) is 0 Å². The minimum absolute atomic E-state index is 1.05. The molecule has 0 aliphatic heterocycles. The first-order valence-electron chi connectivity index (χ1n) is 11.1. The summed E-state index contributed by atoms with van der Waals surface area (Å²) in [7, 11) is 0. The molecule has 0 N–H and O–H groups in total. The summed E-state index contributed by atoms with van der Waals surface area (Å²) in [5, 5.41) is 0. The summed E-state index contributed by atoms with van der Waals surface area (Å²) in [6.45, 7) is 11.4. The summed E-state index contributed by atoms with van der Waals surface area (Å²) in [6.07, 6.45) is 6.30. The third-order valence-corrected chi connectivity index (χ3v) is 7.64. The Morgan fingerprint density at radius 3 is 1.89 bits per heavy atom. The summed E-state index contributed by atoms with van der Waals surface area (Å²) in [6, 6.07) is 15.4. The highest BCUT2D eigenvalue weighted by Crippen LogP contribution is 2.61. The lowest BCUT2D eigenvalue weighted by atomic mass is 9.77. The van der Waals surface area contributed by atoms with E-state index in [1.165, 1.54) is 33.7 Å². The van der Waals surface area contributed by atoms with Crippen LogP contribution in [-0.2, 0) is 0 Å². The Hall–Kier alpha value is -1.56. The lowest BCUT2D eigenvalue weighted by Gasteiger charge is -2.29. The van der Waals surface area contributed by atoms with Gasteiger partial charge in [-0.1, -0.05) is 73.0 Å². The van der Waals surface area contributed by atoms with Crippen molar-refractivity contribution in [2.75, 3.05) is 0 Å². The molecule has 3 aliphatic rings. The predicted octanol–water partition coefficient (Wildman–Crippen LogP) is 7.60. The molecule has 0 nitrogen and oxygen atoms in total.